The number of nitrogens with zero attached hydrogens (tertiary/aromatic N) is 2. The first-order valence-electron chi connectivity index (χ1n) is 7.03. The third kappa shape index (κ3) is 2.71. The van der Waals surface area contributed by atoms with E-state index < -0.39 is 0 Å². The monoisotopic (exact) mass is 255 g/mol. The predicted molar refractivity (Wildman–Crippen MR) is 78.1 cm³/mol. The SMILES string of the molecule is Cc1ccc(-c2cnn(CC3CCNC3)c2)cc1C. The number of aromatic nitrogens is 2. The summed E-state index contributed by atoms with van der Waals surface area (Å²) in [6, 6.07) is 6.61. The lowest BCUT2D eigenvalue weighted by Gasteiger charge is -2.07. The average molecular weight is 255 g/mol. The Morgan fingerprint density at radius 3 is 2.89 bits per heavy atom. The average Bonchev–Trinajstić information content (AvgIpc) is 3.05. The summed E-state index contributed by atoms with van der Waals surface area (Å²) in [5, 5.41) is 7.90. The fourth-order valence-electron chi connectivity index (χ4n) is 2.67. The van der Waals surface area contributed by atoms with Crippen molar-refractivity contribution >= 4 is 0 Å². The van der Waals surface area contributed by atoms with E-state index in [0.29, 0.717) is 0 Å². The lowest BCUT2D eigenvalue weighted by atomic mass is 10.0. The van der Waals surface area contributed by atoms with Crippen LogP contribution in [0, 0.1) is 19.8 Å². The summed E-state index contributed by atoms with van der Waals surface area (Å²) >= 11 is 0. The first-order chi connectivity index (χ1) is 9.22. The summed E-state index contributed by atoms with van der Waals surface area (Å²) in [6.45, 7) is 7.61. The van der Waals surface area contributed by atoms with Gasteiger partial charge >= 0.3 is 0 Å². The summed E-state index contributed by atoms with van der Waals surface area (Å²) in [5.41, 5.74) is 5.16. The van der Waals surface area contributed by atoms with Crippen LogP contribution in [0.15, 0.2) is 30.6 Å². The quantitative estimate of drug-likeness (QED) is 0.914. The smallest absolute Gasteiger partial charge is 0.0568 e. The maximum Gasteiger partial charge on any atom is 0.0568 e. The van der Waals surface area contributed by atoms with Gasteiger partial charge in [0.05, 0.1) is 6.20 Å². The molecule has 2 aromatic rings. The summed E-state index contributed by atoms with van der Waals surface area (Å²) in [7, 11) is 0. The van der Waals surface area contributed by atoms with Crippen molar-refractivity contribution in [3.63, 3.8) is 0 Å². The highest BCUT2D eigenvalue weighted by atomic mass is 15.3. The molecule has 0 amide bonds. The molecule has 1 aromatic heterocycles. The molecule has 1 N–H and O–H groups in total. The van der Waals surface area contributed by atoms with E-state index in [1.165, 1.54) is 28.7 Å². The van der Waals surface area contributed by atoms with Gasteiger partial charge in [-0.15, -0.1) is 0 Å². The topological polar surface area (TPSA) is 29.9 Å². The number of nitrogens with one attached hydrogen (secondary N) is 1. The van der Waals surface area contributed by atoms with Crippen molar-refractivity contribution < 1.29 is 0 Å². The van der Waals surface area contributed by atoms with Crippen LogP contribution < -0.4 is 5.32 Å². The van der Waals surface area contributed by atoms with Gasteiger partial charge in [0.1, 0.15) is 0 Å². The maximum atomic E-state index is 4.50. The van der Waals surface area contributed by atoms with Gasteiger partial charge in [0.2, 0.25) is 0 Å². The highest BCUT2D eigenvalue weighted by molar-refractivity contribution is 5.63. The first-order valence-corrected chi connectivity index (χ1v) is 7.03. The van der Waals surface area contributed by atoms with E-state index in [-0.39, 0.29) is 0 Å². The van der Waals surface area contributed by atoms with Crippen LogP contribution in [0.4, 0.5) is 0 Å². The van der Waals surface area contributed by atoms with Crippen molar-refractivity contribution in [3.8, 4) is 11.1 Å². The van der Waals surface area contributed by atoms with E-state index in [1.54, 1.807) is 0 Å². The third-order valence-corrected chi connectivity index (χ3v) is 4.08. The molecular formula is C16H21N3. The molecule has 3 rings (SSSR count). The molecule has 0 saturated carbocycles. The number of rotatable bonds is 3. The van der Waals surface area contributed by atoms with Gasteiger partial charge in [-0.1, -0.05) is 18.2 Å². The second-order valence-electron chi connectivity index (χ2n) is 5.61. The zero-order valence-electron chi connectivity index (χ0n) is 11.7. The molecule has 0 aliphatic carbocycles. The van der Waals surface area contributed by atoms with E-state index in [2.05, 4.69) is 53.3 Å². The summed E-state index contributed by atoms with van der Waals surface area (Å²) in [4.78, 5) is 0. The zero-order valence-corrected chi connectivity index (χ0v) is 11.7. The molecule has 1 saturated heterocycles. The van der Waals surface area contributed by atoms with Crippen molar-refractivity contribution in [3.05, 3.63) is 41.7 Å². The van der Waals surface area contributed by atoms with Gasteiger partial charge in [-0.25, -0.2) is 0 Å². The summed E-state index contributed by atoms with van der Waals surface area (Å²) < 4.78 is 2.09. The minimum atomic E-state index is 0.729. The van der Waals surface area contributed by atoms with Gasteiger partial charge in [-0.05, 0) is 56.0 Å². The zero-order chi connectivity index (χ0) is 13.2. The molecule has 1 fully saturated rings. The Morgan fingerprint density at radius 2 is 2.16 bits per heavy atom. The van der Waals surface area contributed by atoms with Crippen LogP contribution in [-0.2, 0) is 6.54 Å². The minimum Gasteiger partial charge on any atom is -0.316 e. The maximum absolute atomic E-state index is 4.50. The number of hydrogen-bond acceptors (Lipinski definition) is 2. The molecule has 0 spiro atoms. The van der Waals surface area contributed by atoms with Gasteiger partial charge in [0.15, 0.2) is 0 Å². The molecule has 3 nitrogen and oxygen atoms in total. The van der Waals surface area contributed by atoms with Gasteiger partial charge in [0, 0.05) is 18.3 Å². The highest BCUT2D eigenvalue weighted by Crippen LogP contribution is 2.22. The van der Waals surface area contributed by atoms with Crippen molar-refractivity contribution in [2.45, 2.75) is 26.8 Å². The van der Waals surface area contributed by atoms with Crippen LogP contribution in [0.5, 0.6) is 0 Å². The van der Waals surface area contributed by atoms with Gasteiger partial charge in [-0.3, -0.25) is 4.68 Å². The van der Waals surface area contributed by atoms with E-state index in [1.807, 2.05) is 6.20 Å². The standard InChI is InChI=1S/C16H21N3/c1-12-3-4-15(7-13(12)2)16-9-18-19(11-16)10-14-5-6-17-8-14/h3-4,7,9,11,14,17H,5-6,8,10H2,1-2H3. The van der Waals surface area contributed by atoms with Crippen molar-refractivity contribution in [2.75, 3.05) is 13.1 Å². The molecule has 0 bridgehead atoms. The number of hydrogen-bond donors (Lipinski definition) is 1. The van der Waals surface area contributed by atoms with Crippen LogP contribution in [0.1, 0.15) is 17.5 Å². The molecule has 1 aromatic carbocycles. The second-order valence-corrected chi connectivity index (χ2v) is 5.61. The van der Waals surface area contributed by atoms with Crippen LogP contribution in [0.3, 0.4) is 0 Å². The largest absolute Gasteiger partial charge is 0.316 e. The Hall–Kier alpha value is -1.61. The Morgan fingerprint density at radius 1 is 1.26 bits per heavy atom. The Labute approximate surface area is 114 Å². The van der Waals surface area contributed by atoms with Crippen LogP contribution in [0.2, 0.25) is 0 Å². The van der Waals surface area contributed by atoms with E-state index >= 15 is 0 Å². The van der Waals surface area contributed by atoms with Gasteiger partial charge in [0.25, 0.3) is 0 Å². The fraction of sp³-hybridized carbons (Fsp3) is 0.438. The Kier molecular flexibility index (Phi) is 3.38. The van der Waals surface area contributed by atoms with Crippen LogP contribution >= 0.6 is 0 Å². The normalized spacial score (nSPS) is 18.9. The Balaban J connectivity index is 1.78. The molecule has 1 aliphatic rings. The number of benzene rings is 1. The van der Waals surface area contributed by atoms with E-state index in [9.17, 15) is 0 Å². The molecule has 1 atom stereocenters. The van der Waals surface area contributed by atoms with E-state index in [0.717, 1.165) is 25.6 Å². The highest BCUT2D eigenvalue weighted by Gasteiger charge is 2.15. The lowest BCUT2D eigenvalue weighted by Crippen LogP contribution is -2.14. The van der Waals surface area contributed by atoms with Crippen molar-refractivity contribution in [2.24, 2.45) is 5.92 Å². The minimum absolute atomic E-state index is 0.729. The van der Waals surface area contributed by atoms with Gasteiger partial charge in [-0.2, -0.15) is 5.10 Å². The number of aryl methyl sites for hydroxylation is 2. The van der Waals surface area contributed by atoms with Gasteiger partial charge < -0.3 is 5.32 Å². The van der Waals surface area contributed by atoms with E-state index in [4.69, 9.17) is 0 Å². The van der Waals surface area contributed by atoms with Crippen LogP contribution in [-0.4, -0.2) is 22.9 Å². The molecule has 0 radical (unpaired) electrons. The third-order valence-electron chi connectivity index (χ3n) is 4.08. The molecule has 1 unspecified atom stereocenters. The summed E-state index contributed by atoms with van der Waals surface area (Å²) in [5.74, 6) is 0.729. The van der Waals surface area contributed by atoms with Crippen LogP contribution in [0.25, 0.3) is 11.1 Å². The Bertz CT molecular complexity index is 565. The first kappa shape index (κ1) is 12.4. The molecule has 100 valence electrons. The molecule has 3 heteroatoms. The summed E-state index contributed by atoms with van der Waals surface area (Å²) in [6.07, 6.45) is 5.41. The van der Waals surface area contributed by atoms with Crippen molar-refractivity contribution in [1.29, 1.82) is 0 Å². The van der Waals surface area contributed by atoms with Crippen molar-refractivity contribution in [1.82, 2.24) is 15.1 Å². The lowest BCUT2D eigenvalue weighted by molar-refractivity contribution is 0.449. The fourth-order valence-corrected chi connectivity index (χ4v) is 2.67. The molecule has 19 heavy (non-hydrogen) atoms. The predicted octanol–water partition coefficient (Wildman–Crippen LogP) is 2.78. The second kappa shape index (κ2) is 5.17. The molecule has 1 aliphatic heterocycles. The molecular weight excluding hydrogens is 234 g/mol. The molecule has 2 heterocycles.